The summed E-state index contributed by atoms with van der Waals surface area (Å²) in [4.78, 5) is 6.62. The molecule has 1 aromatic carbocycles. The Bertz CT molecular complexity index is 1200. The van der Waals surface area contributed by atoms with Crippen LogP contribution in [0.1, 0.15) is 69.8 Å². The number of aromatic nitrogens is 1. The number of nitrogens with zero attached hydrogens (tertiary/aromatic N) is 2. The zero-order valence-corrected chi connectivity index (χ0v) is 22.1. The molecule has 0 saturated heterocycles. The second kappa shape index (κ2) is 9.92. The predicted molar refractivity (Wildman–Crippen MR) is 147 cm³/mol. The van der Waals surface area contributed by atoms with Gasteiger partial charge in [-0.1, -0.05) is 31.2 Å². The second-order valence-electron chi connectivity index (χ2n) is 12.3. The summed E-state index contributed by atoms with van der Waals surface area (Å²) in [6, 6.07) is 9.30. The number of aliphatic hydroxyl groups is 3. The fourth-order valence-corrected chi connectivity index (χ4v) is 8.53. The first-order valence-electron chi connectivity index (χ1n) is 14.4. The van der Waals surface area contributed by atoms with Crippen LogP contribution in [-0.4, -0.2) is 63.1 Å². The lowest BCUT2D eigenvalue weighted by Crippen LogP contribution is -2.44. The number of pyridine rings is 1. The monoisotopic (exact) mass is 502 g/mol. The average Bonchev–Trinajstić information content (AvgIpc) is 3.20. The summed E-state index contributed by atoms with van der Waals surface area (Å²) in [7, 11) is 0. The van der Waals surface area contributed by atoms with Crippen LogP contribution in [0.25, 0.3) is 10.8 Å². The molecule has 0 radical (unpaired) electrons. The number of rotatable bonds is 6. The maximum atomic E-state index is 12.4. The molecule has 2 saturated carbocycles. The molecular formula is C32H42N2O3. The van der Waals surface area contributed by atoms with E-state index in [4.69, 9.17) is 0 Å². The quantitative estimate of drug-likeness (QED) is 0.486. The van der Waals surface area contributed by atoms with Crippen molar-refractivity contribution < 1.29 is 15.3 Å². The van der Waals surface area contributed by atoms with Gasteiger partial charge >= 0.3 is 0 Å². The van der Waals surface area contributed by atoms with Crippen molar-refractivity contribution in [2.24, 2.45) is 17.3 Å². The van der Waals surface area contributed by atoms with E-state index in [9.17, 15) is 15.3 Å². The molecule has 2 aromatic rings. The highest BCUT2D eigenvalue weighted by atomic mass is 16.3. The van der Waals surface area contributed by atoms with Crippen molar-refractivity contribution in [1.82, 2.24) is 9.88 Å². The molecule has 0 amide bonds. The molecule has 0 aliphatic heterocycles. The minimum atomic E-state index is -0.817. The van der Waals surface area contributed by atoms with Crippen molar-refractivity contribution in [3.63, 3.8) is 0 Å². The summed E-state index contributed by atoms with van der Waals surface area (Å²) < 4.78 is 0. The van der Waals surface area contributed by atoms with Gasteiger partial charge in [-0.25, -0.2) is 0 Å². The van der Waals surface area contributed by atoms with E-state index in [0.29, 0.717) is 36.9 Å². The molecule has 5 heteroatoms. The van der Waals surface area contributed by atoms with E-state index >= 15 is 0 Å². The molecular weight excluding hydrogens is 460 g/mol. The van der Waals surface area contributed by atoms with Crippen molar-refractivity contribution >= 4 is 10.8 Å². The third kappa shape index (κ3) is 4.28. The van der Waals surface area contributed by atoms with Gasteiger partial charge in [-0.2, -0.15) is 0 Å². The van der Waals surface area contributed by atoms with Crippen LogP contribution in [0.3, 0.4) is 0 Å². The summed E-state index contributed by atoms with van der Waals surface area (Å²) in [6.07, 6.45) is 16.8. The van der Waals surface area contributed by atoms with E-state index in [1.165, 1.54) is 33.9 Å². The molecule has 198 valence electrons. The Morgan fingerprint density at radius 2 is 1.84 bits per heavy atom. The number of aliphatic hydroxyl groups excluding tert-OH is 2. The minimum absolute atomic E-state index is 0.0643. The number of hydrogen-bond donors (Lipinski definition) is 3. The first-order chi connectivity index (χ1) is 18.0. The highest BCUT2D eigenvalue weighted by molar-refractivity contribution is 5.82. The molecule has 1 aromatic heterocycles. The molecule has 37 heavy (non-hydrogen) atoms. The fraction of sp³-hybridized carbons (Fsp3) is 0.594. The molecule has 0 spiro atoms. The van der Waals surface area contributed by atoms with Crippen molar-refractivity contribution in [3.8, 4) is 0 Å². The van der Waals surface area contributed by atoms with E-state index in [1.54, 1.807) is 0 Å². The Morgan fingerprint density at radius 3 is 2.65 bits per heavy atom. The molecule has 5 nitrogen and oxygen atoms in total. The van der Waals surface area contributed by atoms with Gasteiger partial charge in [0, 0.05) is 42.3 Å². The van der Waals surface area contributed by atoms with Gasteiger partial charge in [-0.05, 0) is 103 Å². The Hall–Kier alpha value is -2.05. The Kier molecular flexibility index (Phi) is 6.77. The number of benzene rings is 1. The van der Waals surface area contributed by atoms with Crippen molar-refractivity contribution in [1.29, 1.82) is 0 Å². The summed E-state index contributed by atoms with van der Waals surface area (Å²) >= 11 is 0. The summed E-state index contributed by atoms with van der Waals surface area (Å²) in [5, 5.41) is 33.9. The maximum Gasteiger partial charge on any atom is 0.107 e. The van der Waals surface area contributed by atoms with Gasteiger partial charge in [0.15, 0.2) is 0 Å². The van der Waals surface area contributed by atoms with Crippen molar-refractivity contribution in [3.05, 3.63) is 65.5 Å². The van der Waals surface area contributed by atoms with Crippen LogP contribution >= 0.6 is 0 Å². The van der Waals surface area contributed by atoms with Crippen LogP contribution in [0, 0.1) is 17.3 Å². The van der Waals surface area contributed by atoms with Gasteiger partial charge in [-0.3, -0.25) is 9.88 Å². The van der Waals surface area contributed by atoms with Crippen LogP contribution in [0.2, 0.25) is 0 Å². The van der Waals surface area contributed by atoms with E-state index < -0.39 is 5.60 Å². The van der Waals surface area contributed by atoms with Gasteiger partial charge < -0.3 is 15.3 Å². The zero-order chi connectivity index (χ0) is 25.6. The molecule has 1 heterocycles. The van der Waals surface area contributed by atoms with Crippen molar-refractivity contribution in [2.45, 2.75) is 75.9 Å². The van der Waals surface area contributed by atoms with Gasteiger partial charge in [0.05, 0.1) is 13.2 Å². The highest BCUT2D eigenvalue weighted by Crippen LogP contribution is 2.62. The summed E-state index contributed by atoms with van der Waals surface area (Å²) in [5.41, 5.74) is 3.01. The van der Waals surface area contributed by atoms with Crippen LogP contribution in [0.4, 0.5) is 0 Å². The standard InChI is InChI=1S/C32H42N2O3/c1-31-11-9-27-19-23-4-5-28(34(14-16-35)15-17-36)20-24(23)8-12-32(27,37)30(31)7-6-29(31)25-3-2-22-10-13-33-21-26(22)18-25/h2-3,7,9-10,13,18,21,23-24,28-29,35-37H,4-6,8,11-12,14-17,19-20H2,1H3/t23?,24?,28?,29?,31?,32-/m1/s1. The molecule has 4 aliphatic rings. The lowest BCUT2D eigenvalue weighted by molar-refractivity contribution is 0.0585. The first kappa shape index (κ1) is 25.2. The average molecular weight is 503 g/mol. The third-order valence-corrected chi connectivity index (χ3v) is 10.5. The van der Waals surface area contributed by atoms with Gasteiger partial charge in [0.1, 0.15) is 5.60 Å². The lowest BCUT2D eigenvalue weighted by Gasteiger charge is -2.47. The normalized spacial score (nSPS) is 35.4. The topological polar surface area (TPSA) is 76.8 Å². The second-order valence-corrected chi connectivity index (χ2v) is 12.3. The maximum absolute atomic E-state index is 12.4. The first-order valence-corrected chi connectivity index (χ1v) is 14.4. The molecule has 2 fully saturated rings. The Labute approximate surface area is 220 Å². The lowest BCUT2D eigenvalue weighted by atomic mass is 9.60. The van der Waals surface area contributed by atoms with Crippen LogP contribution < -0.4 is 0 Å². The Balaban J connectivity index is 1.24. The summed E-state index contributed by atoms with van der Waals surface area (Å²) in [5.74, 6) is 1.58. The van der Waals surface area contributed by atoms with E-state index in [0.717, 1.165) is 44.9 Å². The Morgan fingerprint density at radius 1 is 1.00 bits per heavy atom. The third-order valence-electron chi connectivity index (χ3n) is 10.5. The molecule has 5 unspecified atom stereocenters. The van der Waals surface area contributed by atoms with E-state index in [-0.39, 0.29) is 18.6 Å². The minimum Gasteiger partial charge on any atom is -0.395 e. The predicted octanol–water partition coefficient (Wildman–Crippen LogP) is 4.97. The smallest absolute Gasteiger partial charge is 0.107 e. The number of fused-ring (bicyclic) bond motifs is 5. The summed E-state index contributed by atoms with van der Waals surface area (Å²) in [6.45, 7) is 3.92. The van der Waals surface area contributed by atoms with E-state index in [2.05, 4.69) is 53.2 Å². The molecule has 0 bridgehead atoms. The number of allylic oxidation sites excluding steroid dienone is 2. The molecule has 6 atom stereocenters. The van der Waals surface area contributed by atoms with Gasteiger partial charge in [-0.15, -0.1) is 0 Å². The van der Waals surface area contributed by atoms with Crippen molar-refractivity contribution in [2.75, 3.05) is 26.3 Å². The zero-order valence-electron chi connectivity index (χ0n) is 22.1. The van der Waals surface area contributed by atoms with Gasteiger partial charge in [0.25, 0.3) is 0 Å². The SMILES string of the molecule is CC12CC=C3CC4CCC(N(CCO)CCO)CC4CC[C@]3(O)C1=CCC2c1ccc2ccncc2c1. The van der Waals surface area contributed by atoms with Crippen LogP contribution in [0.5, 0.6) is 0 Å². The van der Waals surface area contributed by atoms with Gasteiger partial charge in [0.2, 0.25) is 0 Å². The number of hydrogen-bond acceptors (Lipinski definition) is 5. The highest BCUT2D eigenvalue weighted by Gasteiger charge is 2.55. The van der Waals surface area contributed by atoms with Crippen LogP contribution in [-0.2, 0) is 0 Å². The molecule has 4 aliphatic carbocycles. The van der Waals surface area contributed by atoms with E-state index in [1.807, 2.05) is 12.4 Å². The molecule has 6 rings (SSSR count). The van der Waals surface area contributed by atoms with Crippen LogP contribution in [0.15, 0.2) is 60.0 Å². The molecule has 3 N–H and O–H groups in total. The largest absolute Gasteiger partial charge is 0.395 e. The fourth-order valence-electron chi connectivity index (χ4n) is 8.53.